The summed E-state index contributed by atoms with van der Waals surface area (Å²) in [4.78, 5) is 12.4. The maximum Gasteiger partial charge on any atom is 0.331 e. The summed E-state index contributed by atoms with van der Waals surface area (Å²) in [5, 5.41) is 19.2. The SMILES string of the molecule is CCCCCCCC1(C#N)CCC(c2ccc(OC(=O)C(C)(C#N)CCC)cc2)CC1. The Balaban J connectivity index is 1.90. The lowest BCUT2D eigenvalue weighted by atomic mass is 9.67. The molecule has 0 heterocycles. The van der Waals surface area contributed by atoms with E-state index in [0.717, 1.165) is 44.9 Å². The number of unbranched alkanes of at least 4 members (excludes halogenated alkanes) is 4. The van der Waals surface area contributed by atoms with Gasteiger partial charge in [0.05, 0.1) is 17.6 Å². The zero-order valence-electron chi connectivity index (χ0n) is 19.6. The first-order valence-electron chi connectivity index (χ1n) is 12.1. The molecule has 0 radical (unpaired) electrons. The summed E-state index contributed by atoms with van der Waals surface area (Å²) < 4.78 is 5.48. The molecule has 0 aromatic heterocycles. The Kier molecular flexibility index (Phi) is 9.57. The Morgan fingerprint density at radius 3 is 2.26 bits per heavy atom. The molecule has 1 aliphatic carbocycles. The molecule has 168 valence electrons. The fourth-order valence-corrected chi connectivity index (χ4v) is 4.72. The second kappa shape index (κ2) is 11.9. The van der Waals surface area contributed by atoms with Gasteiger partial charge in [0.1, 0.15) is 5.75 Å². The molecule has 0 bridgehead atoms. The van der Waals surface area contributed by atoms with Crippen molar-refractivity contribution < 1.29 is 9.53 Å². The number of carbonyl (C=O) groups excluding carboxylic acids is 1. The van der Waals surface area contributed by atoms with Gasteiger partial charge in [-0.2, -0.15) is 10.5 Å². The van der Waals surface area contributed by atoms with Gasteiger partial charge in [0.2, 0.25) is 0 Å². The van der Waals surface area contributed by atoms with Gasteiger partial charge in [0.15, 0.2) is 5.41 Å². The minimum atomic E-state index is -1.10. The van der Waals surface area contributed by atoms with Crippen molar-refractivity contribution in [3.63, 3.8) is 0 Å². The van der Waals surface area contributed by atoms with E-state index in [0.29, 0.717) is 18.1 Å². The molecular formula is C27H38N2O2. The van der Waals surface area contributed by atoms with Crippen LogP contribution in [0, 0.1) is 33.5 Å². The van der Waals surface area contributed by atoms with E-state index in [-0.39, 0.29) is 5.41 Å². The van der Waals surface area contributed by atoms with Crippen LogP contribution in [0.5, 0.6) is 5.75 Å². The van der Waals surface area contributed by atoms with Crippen molar-refractivity contribution in [2.45, 2.75) is 104 Å². The summed E-state index contributed by atoms with van der Waals surface area (Å²) in [5.41, 5.74) is -0.00132. The largest absolute Gasteiger partial charge is 0.425 e. The fraction of sp³-hybridized carbons (Fsp3) is 0.667. The fourth-order valence-electron chi connectivity index (χ4n) is 4.72. The molecule has 1 aromatic rings. The molecule has 1 unspecified atom stereocenters. The summed E-state index contributed by atoms with van der Waals surface area (Å²) in [6.07, 6.45) is 12.5. The smallest absolute Gasteiger partial charge is 0.331 e. The Hall–Kier alpha value is -2.33. The summed E-state index contributed by atoms with van der Waals surface area (Å²) in [6.45, 7) is 5.82. The average molecular weight is 423 g/mol. The van der Waals surface area contributed by atoms with Crippen molar-refractivity contribution in [3.05, 3.63) is 29.8 Å². The number of nitriles is 2. The van der Waals surface area contributed by atoms with E-state index < -0.39 is 11.4 Å². The van der Waals surface area contributed by atoms with Gasteiger partial charge in [-0.25, -0.2) is 4.79 Å². The van der Waals surface area contributed by atoms with E-state index in [2.05, 4.69) is 19.1 Å². The van der Waals surface area contributed by atoms with Gasteiger partial charge < -0.3 is 4.74 Å². The number of ether oxygens (including phenoxy) is 1. The van der Waals surface area contributed by atoms with Crippen molar-refractivity contribution in [2.75, 3.05) is 0 Å². The summed E-state index contributed by atoms with van der Waals surface area (Å²) in [6, 6.07) is 12.5. The Morgan fingerprint density at radius 2 is 1.71 bits per heavy atom. The molecule has 4 heteroatoms. The molecule has 0 spiro atoms. The predicted octanol–water partition coefficient (Wildman–Crippen LogP) is 7.45. The highest BCUT2D eigenvalue weighted by atomic mass is 16.5. The molecule has 1 atom stereocenters. The lowest BCUT2D eigenvalue weighted by molar-refractivity contribution is -0.142. The number of hydrogen-bond donors (Lipinski definition) is 0. The van der Waals surface area contributed by atoms with E-state index in [1.165, 1.54) is 31.2 Å². The molecule has 0 amide bonds. The van der Waals surface area contributed by atoms with E-state index in [1.54, 1.807) is 6.92 Å². The second-order valence-electron chi connectivity index (χ2n) is 9.48. The molecule has 0 aliphatic heterocycles. The van der Waals surface area contributed by atoms with Gasteiger partial charge in [0, 0.05) is 0 Å². The number of rotatable bonds is 11. The molecule has 1 aromatic carbocycles. The monoisotopic (exact) mass is 422 g/mol. The Labute approximate surface area is 188 Å². The third-order valence-corrected chi connectivity index (χ3v) is 6.95. The first-order valence-corrected chi connectivity index (χ1v) is 12.1. The number of carbonyl (C=O) groups is 1. The normalized spacial score (nSPS) is 22.7. The summed E-state index contributed by atoms with van der Waals surface area (Å²) in [7, 11) is 0. The van der Waals surface area contributed by atoms with Gasteiger partial charge in [-0.3, -0.25) is 0 Å². The van der Waals surface area contributed by atoms with Crippen LogP contribution in [0.15, 0.2) is 24.3 Å². The second-order valence-corrected chi connectivity index (χ2v) is 9.48. The first-order chi connectivity index (χ1) is 14.9. The molecule has 1 saturated carbocycles. The number of nitrogens with zero attached hydrogens (tertiary/aromatic N) is 2. The van der Waals surface area contributed by atoms with Crippen LogP contribution in [0.25, 0.3) is 0 Å². The number of hydrogen-bond acceptors (Lipinski definition) is 4. The maximum atomic E-state index is 12.4. The topological polar surface area (TPSA) is 73.9 Å². The van der Waals surface area contributed by atoms with Crippen LogP contribution in [0.2, 0.25) is 0 Å². The van der Waals surface area contributed by atoms with Crippen molar-refractivity contribution in [2.24, 2.45) is 10.8 Å². The van der Waals surface area contributed by atoms with Crippen LogP contribution < -0.4 is 4.74 Å². The molecule has 2 rings (SSSR count). The van der Waals surface area contributed by atoms with Crippen LogP contribution >= 0.6 is 0 Å². The minimum absolute atomic E-state index is 0.140. The quantitative estimate of drug-likeness (QED) is 0.211. The van der Waals surface area contributed by atoms with Crippen molar-refractivity contribution in [3.8, 4) is 17.9 Å². The van der Waals surface area contributed by atoms with E-state index >= 15 is 0 Å². The molecule has 31 heavy (non-hydrogen) atoms. The van der Waals surface area contributed by atoms with Crippen LogP contribution in [0.4, 0.5) is 0 Å². The lowest BCUT2D eigenvalue weighted by Crippen LogP contribution is -2.30. The van der Waals surface area contributed by atoms with Crippen LogP contribution in [-0.4, -0.2) is 5.97 Å². The van der Waals surface area contributed by atoms with E-state index in [9.17, 15) is 15.3 Å². The van der Waals surface area contributed by atoms with E-state index in [1.807, 2.05) is 31.2 Å². The minimum Gasteiger partial charge on any atom is -0.425 e. The molecule has 1 fully saturated rings. The number of benzene rings is 1. The number of esters is 1. The van der Waals surface area contributed by atoms with Crippen molar-refractivity contribution >= 4 is 5.97 Å². The van der Waals surface area contributed by atoms with E-state index in [4.69, 9.17) is 4.74 Å². The molecule has 0 N–H and O–H groups in total. The van der Waals surface area contributed by atoms with Gasteiger partial charge in [-0.1, -0.05) is 64.5 Å². The molecule has 0 saturated heterocycles. The highest BCUT2D eigenvalue weighted by Gasteiger charge is 2.36. The zero-order valence-corrected chi connectivity index (χ0v) is 19.6. The van der Waals surface area contributed by atoms with Crippen LogP contribution in [0.3, 0.4) is 0 Å². The first kappa shape index (κ1) is 24.9. The van der Waals surface area contributed by atoms with Crippen molar-refractivity contribution in [1.29, 1.82) is 10.5 Å². The Bertz CT molecular complexity index is 779. The molecule has 1 aliphatic rings. The van der Waals surface area contributed by atoms with Gasteiger partial charge in [0.25, 0.3) is 0 Å². The lowest BCUT2D eigenvalue weighted by Gasteiger charge is -2.35. The van der Waals surface area contributed by atoms with Crippen LogP contribution in [-0.2, 0) is 4.79 Å². The van der Waals surface area contributed by atoms with Gasteiger partial charge in [-0.15, -0.1) is 0 Å². The van der Waals surface area contributed by atoms with Gasteiger partial charge >= 0.3 is 5.97 Å². The maximum absolute atomic E-state index is 12.4. The summed E-state index contributed by atoms with van der Waals surface area (Å²) in [5.74, 6) is 0.455. The average Bonchev–Trinajstić information content (AvgIpc) is 2.80. The Morgan fingerprint density at radius 1 is 1.06 bits per heavy atom. The zero-order chi connectivity index (χ0) is 22.7. The van der Waals surface area contributed by atoms with Gasteiger partial charge in [-0.05, 0) is 69.1 Å². The third kappa shape index (κ3) is 6.83. The third-order valence-electron chi connectivity index (χ3n) is 6.95. The summed E-state index contributed by atoms with van der Waals surface area (Å²) >= 11 is 0. The standard InChI is InChI=1S/C27H38N2O2/c1-4-6-7-8-9-17-27(21-29)18-14-23(15-19-27)22-10-12-24(13-11-22)31-25(30)26(3,20-28)16-5-2/h10-13,23H,4-9,14-19H2,1-3H3. The molecular weight excluding hydrogens is 384 g/mol. The predicted molar refractivity (Wildman–Crippen MR) is 123 cm³/mol. The highest BCUT2D eigenvalue weighted by molar-refractivity contribution is 5.81. The van der Waals surface area contributed by atoms with Crippen molar-refractivity contribution in [1.82, 2.24) is 0 Å². The highest BCUT2D eigenvalue weighted by Crippen LogP contribution is 2.45. The molecule has 4 nitrogen and oxygen atoms in total. The van der Waals surface area contributed by atoms with Crippen LogP contribution in [0.1, 0.15) is 109 Å².